The molecule has 2 rings (SSSR count). The minimum Gasteiger partial charge on any atom is -0.250 e. The average Bonchev–Trinajstić information content (AvgIpc) is 3.39. The summed E-state index contributed by atoms with van der Waals surface area (Å²) in [7, 11) is 0. The van der Waals surface area contributed by atoms with Gasteiger partial charge in [0.2, 0.25) is 6.33 Å². The third-order valence-electron chi connectivity index (χ3n) is 7.62. The normalized spacial score (nSPS) is 13.2. The van der Waals surface area contributed by atoms with Gasteiger partial charge in [-0.05, 0) is 31.2 Å². The highest BCUT2D eigenvalue weighted by molar-refractivity contribution is 5.15. The highest BCUT2D eigenvalue weighted by Crippen LogP contribution is 2.28. The monoisotopic (exact) mass is 467 g/mol. The van der Waals surface area contributed by atoms with Crippen LogP contribution in [0.5, 0.6) is 0 Å². The Labute approximate surface area is 212 Å². The Balaban J connectivity index is 1.72. The fourth-order valence-electron chi connectivity index (χ4n) is 5.51. The van der Waals surface area contributed by atoms with Gasteiger partial charge in [-0.2, -0.15) is 0 Å². The van der Waals surface area contributed by atoms with Crippen molar-refractivity contribution < 1.29 is 4.57 Å². The molecule has 1 aromatic carbocycles. The van der Waals surface area contributed by atoms with E-state index in [2.05, 4.69) is 72.5 Å². The molecule has 0 aliphatic carbocycles. The summed E-state index contributed by atoms with van der Waals surface area (Å²) in [4.78, 5) is 3.30. The number of nitrogens with zero attached hydrogens (tertiary/aromatic N) is 1. The lowest BCUT2D eigenvalue weighted by Crippen LogP contribution is -2.42. The van der Waals surface area contributed by atoms with Crippen molar-refractivity contribution in [3.05, 3.63) is 54.6 Å². The predicted octanol–water partition coefficient (Wildman–Crippen LogP) is 9.76. The Morgan fingerprint density at radius 2 is 1.18 bits per heavy atom. The van der Waals surface area contributed by atoms with Crippen LogP contribution in [0, 0.1) is 5.92 Å². The van der Waals surface area contributed by atoms with E-state index < -0.39 is 0 Å². The summed E-state index contributed by atoms with van der Waals surface area (Å²) < 4.78 is 2.46. The van der Waals surface area contributed by atoms with E-state index in [0.29, 0.717) is 12.0 Å². The van der Waals surface area contributed by atoms with E-state index in [4.69, 9.17) is 0 Å². The van der Waals surface area contributed by atoms with Gasteiger partial charge >= 0.3 is 0 Å². The van der Waals surface area contributed by atoms with Crippen LogP contribution in [0.25, 0.3) is 0 Å². The molecule has 0 fully saturated rings. The molecule has 2 atom stereocenters. The van der Waals surface area contributed by atoms with E-state index in [0.717, 1.165) is 0 Å². The first-order valence-corrected chi connectivity index (χ1v) is 14.9. The van der Waals surface area contributed by atoms with Crippen molar-refractivity contribution in [2.45, 2.75) is 142 Å². The van der Waals surface area contributed by atoms with Crippen LogP contribution in [0.1, 0.15) is 141 Å². The standard InChI is InChI=1S/C32H54N2/c1-3-5-7-8-9-10-11-12-13-14-15-16-21-24-31(28-30-22-19-17-20-23-30)32(25-18-6-4-2)34-27-26-33-29-34/h17,19-20,22-23,26-27,29,31-32H,3-16,18,21,24-25,28H2,1-2H3/p+1. The molecule has 192 valence electrons. The number of unbranched alkanes of at least 4 members (excludes halogenated alkanes) is 14. The van der Waals surface area contributed by atoms with E-state index in [1.807, 2.05) is 0 Å². The second kappa shape index (κ2) is 19.7. The van der Waals surface area contributed by atoms with Crippen LogP contribution in [-0.2, 0) is 6.42 Å². The van der Waals surface area contributed by atoms with Crippen molar-refractivity contribution in [1.82, 2.24) is 4.98 Å². The van der Waals surface area contributed by atoms with Crippen molar-refractivity contribution in [3.8, 4) is 0 Å². The molecule has 2 heteroatoms. The average molecular weight is 468 g/mol. The number of rotatable bonds is 22. The van der Waals surface area contributed by atoms with E-state index in [9.17, 15) is 0 Å². The minimum absolute atomic E-state index is 0.607. The summed E-state index contributed by atoms with van der Waals surface area (Å²) in [5.41, 5.74) is 1.50. The smallest absolute Gasteiger partial charge is 0.241 e. The van der Waals surface area contributed by atoms with Crippen LogP contribution < -0.4 is 4.57 Å². The van der Waals surface area contributed by atoms with Gasteiger partial charge in [-0.15, -0.1) is 0 Å². The summed E-state index contributed by atoms with van der Waals surface area (Å²) >= 11 is 0. The van der Waals surface area contributed by atoms with Crippen molar-refractivity contribution in [2.24, 2.45) is 5.92 Å². The largest absolute Gasteiger partial charge is 0.250 e. The molecule has 2 aromatic rings. The van der Waals surface area contributed by atoms with Crippen LogP contribution in [0.15, 0.2) is 49.1 Å². The molecular formula is C32H55N2+. The van der Waals surface area contributed by atoms with Gasteiger partial charge in [0.1, 0.15) is 18.4 Å². The zero-order valence-electron chi connectivity index (χ0n) is 22.7. The Morgan fingerprint density at radius 3 is 1.74 bits per heavy atom. The molecule has 0 saturated heterocycles. The van der Waals surface area contributed by atoms with Crippen LogP contribution in [0.2, 0.25) is 0 Å². The predicted molar refractivity (Wildman–Crippen MR) is 148 cm³/mol. The molecule has 34 heavy (non-hydrogen) atoms. The van der Waals surface area contributed by atoms with Gasteiger partial charge in [-0.3, -0.25) is 4.98 Å². The van der Waals surface area contributed by atoms with E-state index >= 15 is 0 Å². The first-order valence-electron chi connectivity index (χ1n) is 14.9. The maximum atomic E-state index is 3.30. The molecule has 0 bridgehead atoms. The summed E-state index contributed by atoms with van der Waals surface area (Å²) in [6.45, 7) is 4.61. The van der Waals surface area contributed by atoms with Crippen molar-refractivity contribution in [2.75, 3.05) is 0 Å². The Kier molecular flexibility index (Phi) is 16.6. The first-order chi connectivity index (χ1) is 16.8. The zero-order chi connectivity index (χ0) is 24.1. The Bertz CT molecular complexity index is 664. The molecule has 0 amide bonds. The number of H-pyrrole nitrogens is 1. The second-order valence-electron chi connectivity index (χ2n) is 10.6. The molecule has 0 spiro atoms. The van der Waals surface area contributed by atoms with Gasteiger partial charge in [0.25, 0.3) is 0 Å². The Hall–Kier alpha value is -1.57. The van der Waals surface area contributed by atoms with Gasteiger partial charge in [-0.25, -0.2) is 4.57 Å². The van der Waals surface area contributed by atoms with E-state index in [1.165, 1.54) is 128 Å². The number of imidazole rings is 1. The summed E-state index contributed by atoms with van der Waals surface area (Å²) in [5.74, 6) is 0.716. The van der Waals surface area contributed by atoms with Gasteiger partial charge in [0.05, 0.1) is 0 Å². The van der Waals surface area contributed by atoms with Gasteiger partial charge in [0, 0.05) is 5.92 Å². The quantitative estimate of drug-likeness (QED) is 0.131. The highest BCUT2D eigenvalue weighted by atomic mass is 15.1. The number of hydrogen-bond acceptors (Lipinski definition) is 0. The molecule has 0 aliphatic heterocycles. The van der Waals surface area contributed by atoms with E-state index in [-0.39, 0.29) is 0 Å². The van der Waals surface area contributed by atoms with E-state index in [1.54, 1.807) is 0 Å². The highest BCUT2D eigenvalue weighted by Gasteiger charge is 2.26. The summed E-state index contributed by atoms with van der Waals surface area (Å²) in [6.07, 6.45) is 32.9. The lowest BCUT2D eigenvalue weighted by Gasteiger charge is -2.25. The molecule has 0 aliphatic rings. The van der Waals surface area contributed by atoms with Crippen LogP contribution in [0.3, 0.4) is 0 Å². The third-order valence-corrected chi connectivity index (χ3v) is 7.62. The number of aromatic amines is 1. The minimum atomic E-state index is 0.607. The molecular weight excluding hydrogens is 412 g/mol. The van der Waals surface area contributed by atoms with Crippen molar-refractivity contribution >= 4 is 0 Å². The van der Waals surface area contributed by atoms with Gasteiger partial charge < -0.3 is 0 Å². The number of nitrogens with one attached hydrogen (secondary N) is 1. The van der Waals surface area contributed by atoms with Gasteiger partial charge in [0.15, 0.2) is 0 Å². The molecule has 1 heterocycles. The van der Waals surface area contributed by atoms with Gasteiger partial charge in [-0.1, -0.05) is 140 Å². The van der Waals surface area contributed by atoms with Crippen molar-refractivity contribution in [1.29, 1.82) is 0 Å². The Morgan fingerprint density at radius 1 is 0.647 bits per heavy atom. The molecule has 1 N–H and O–H groups in total. The van der Waals surface area contributed by atoms with Crippen LogP contribution >= 0.6 is 0 Å². The zero-order valence-corrected chi connectivity index (χ0v) is 22.7. The topological polar surface area (TPSA) is 19.7 Å². The van der Waals surface area contributed by atoms with Crippen LogP contribution in [-0.4, -0.2) is 4.98 Å². The maximum absolute atomic E-state index is 3.30. The SMILES string of the molecule is CCCCCCCCCCCCCCCC(Cc1ccccc1)C(CCCCC)[n+]1cc[nH]c1. The lowest BCUT2D eigenvalue weighted by atomic mass is 9.84. The molecule has 0 saturated carbocycles. The molecule has 0 radical (unpaired) electrons. The number of aromatic nitrogens is 2. The fourth-order valence-corrected chi connectivity index (χ4v) is 5.51. The first kappa shape index (κ1) is 28.7. The molecule has 2 unspecified atom stereocenters. The second-order valence-corrected chi connectivity index (χ2v) is 10.6. The van der Waals surface area contributed by atoms with Crippen molar-refractivity contribution in [3.63, 3.8) is 0 Å². The molecule has 2 nitrogen and oxygen atoms in total. The fraction of sp³-hybridized carbons (Fsp3) is 0.719. The number of benzene rings is 1. The lowest BCUT2D eigenvalue weighted by molar-refractivity contribution is -0.730. The third kappa shape index (κ3) is 12.8. The summed E-state index contributed by atoms with van der Waals surface area (Å²) in [6, 6.07) is 11.8. The summed E-state index contributed by atoms with van der Waals surface area (Å²) in [5, 5.41) is 0. The maximum Gasteiger partial charge on any atom is 0.241 e. The molecule has 1 aromatic heterocycles. The van der Waals surface area contributed by atoms with Crippen LogP contribution in [0.4, 0.5) is 0 Å². The number of hydrogen-bond donors (Lipinski definition) is 1.